The van der Waals surface area contributed by atoms with Crippen molar-refractivity contribution < 1.29 is 9.59 Å². The number of amides is 2. The summed E-state index contributed by atoms with van der Waals surface area (Å²) >= 11 is 3.07. The van der Waals surface area contributed by atoms with Gasteiger partial charge >= 0.3 is 0 Å². The highest BCUT2D eigenvalue weighted by Crippen LogP contribution is 2.32. The van der Waals surface area contributed by atoms with Gasteiger partial charge in [-0.25, -0.2) is 9.97 Å². The maximum absolute atomic E-state index is 12.9. The smallest absolute Gasteiger partial charge is 0.273 e. The molecule has 0 atom stereocenters. The third kappa shape index (κ3) is 4.44. The average molecular weight is 447 g/mol. The Hall–Kier alpha value is -1.80. The van der Waals surface area contributed by atoms with E-state index in [1.54, 1.807) is 11.3 Å². The minimum absolute atomic E-state index is 0.0491. The summed E-state index contributed by atoms with van der Waals surface area (Å²) in [6.07, 6.45) is 7.69. The van der Waals surface area contributed by atoms with Crippen molar-refractivity contribution in [2.45, 2.75) is 70.8 Å². The van der Waals surface area contributed by atoms with Gasteiger partial charge in [0.2, 0.25) is 0 Å². The summed E-state index contributed by atoms with van der Waals surface area (Å²) in [5.74, 6) is 0.471. The molecule has 2 fully saturated rings. The second kappa shape index (κ2) is 9.14. The van der Waals surface area contributed by atoms with E-state index in [0.717, 1.165) is 59.4 Å². The lowest BCUT2D eigenvalue weighted by Crippen LogP contribution is -2.38. The highest BCUT2D eigenvalue weighted by molar-refractivity contribution is 7.13. The molecule has 30 heavy (non-hydrogen) atoms. The standard InChI is InChI=1S/C22H30N4O2S2/c1-14-19(30-15(2)23-14)22(28)26-11-9-16(10-12-26)20-24-18(13-29-20)21(27)25(3)17-7-5-4-6-8-17/h13,16-17H,4-12H2,1-3H3. The van der Waals surface area contributed by atoms with Crippen molar-refractivity contribution in [3.63, 3.8) is 0 Å². The maximum atomic E-state index is 12.9. The van der Waals surface area contributed by atoms with Gasteiger partial charge in [0.25, 0.3) is 11.8 Å². The van der Waals surface area contributed by atoms with Crippen molar-refractivity contribution in [1.82, 2.24) is 19.8 Å². The number of carbonyl (C=O) groups excluding carboxylic acids is 2. The van der Waals surface area contributed by atoms with Crippen LogP contribution in [-0.4, -0.2) is 57.8 Å². The Morgan fingerprint density at radius 3 is 2.40 bits per heavy atom. The molecular formula is C22H30N4O2S2. The van der Waals surface area contributed by atoms with Gasteiger partial charge in [0.15, 0.2) is 0 Å². The first-order valence-electron chi connectivity index (χ1n) is 10.9. The normalized spacial score (nSPS) is 18.6. The van der Waals surface area contributed by atoms with Crippen LogP contribution in [0.5, 0.6) is 0 Å². The number of likely N-dealkylation sites (tertiary alicyclic amines) is 1. The van der Waals surface area contributed by atoms with Gasteiger partial charge < -0.3 is 9.80 Å². The van der Waals surface area contributed by atoms with Crippen LogP contribution in [0.2, 0.25) is 0 Å². The SMILES string of the molecule is Cc1nc(C)c(C(=O)N2CCC(c3nc(C(=O)N(C)C4CCCCC4)cs3)CC2)s1. The number of aryl methyl sites for hydroxylation is 2. The monoisotopic (exact) mass is 446 g/mol. The topological polar surface area (TPSA) is 66.4 Å². The Morgan fingerprint density at radius 1 is 1.07 bits per heavy atom. The lowest BCUT2D eigenvalue weighted by atomic mass is 9.94. The molecule has 6 nitrogen and oxygen atoms in total. The summed E-state index contributed by atoms with van der Waals surface area (Å²) in [7, 11) is 1.92. The first-order chi connectivity index (χ1) is 14.4. The van der Waals surface area contributed by atoms with Crippen LogP contribution in [0.1, 0.15) is 86.7 Å². The summed E-state index contributed by atoms with van der Waals surface area (Å²) in [6.45, 7) is 5.30. The lowest BCUT2D eigenvalue weighted by molar-refractivity contribution is 0.0690. The molecule has 2 amide bonds. The van der Waals surface area contributed by atoms with Gasteiger partial charge in [-0.2, -0.15) is 0 Å². The highest BCUT2D eigenvalue weighted by Gasteiger charge is 2.30. The zero-order chi connectivity index (χ0) is 21.3. The van der Waals surface area contributed by atoms with Crippen LogP contribution < -0.4 is 0 Å². The van der Waals surface area contributed by atoms with E-state index in [4.69, 9.17) is 4.98 Å². The van der Waals surface area contributed by atoms with E-state index in [1.165, 1.54) is 30.6 Å². The Morgan fingerprint density at radius 2 is 1.77 bits per heavy atom. The molecule has 2 aliphatic rings. The maximum Gasteiger partial charge on any atom is 0.273 e. The van der Waals surface area contributed by atoms with Crippen molar-refractivity contribution in [3.8, 4) is 0 Å². The molecule has 162 valence electrons. The Labute approximate surface area is 186 Å². The molecule has 0 radical (unpaired) electrons. The van der Waals surface area contributed by atoms with Crippen LogP contribution in [-0.2, 0) is 0 Å². The van der Waals surface area contributed by atoms with Gasteiger partial charge in [0.1, 0.15) is 10.6 Å². The number of aromatic nitrogens is 2. The number of piperidine rings is 1. The van der Waals surface area contributed by atoms with Crippen molar-refractivity contribution in [1.29, 1.82) is 0 Å². The van der Waals surface area contributed by atoms with Gasteiger partial charge in [-0.15, -0.1) is 22.7 Å². The lowest BCUT2D eigenvalue weighted by Gasteiger charge is -2.31. The van der Waals surface area contributed by atoms with E-state index in [9.17, 15) is 9.59 Å². The molecular weight excluding hydrogens is 416 g/mol. The average Bonchev–Trinajstić information content (AvgIpc) is 3.39. The van der Waals surface area contributed by atoms with Gasteiger partial charge in [0.05, 0.1) is 15.7 Å². The molecule has 0 bridgehead atoms. The van der Waals surface area contributed by atoms with E-state index in [-0.39, 0.29) is 11.8 Å². The molecule has 1 aliphatic heterocycles. The molecule has 2 aromatic rings. The minimum Gasteiger partial charge on any atom is -0.338 e. The fraction of sp³-hybridized carbons (Fsp3) is 0.636. The van der Waals surface area contributed by atoms with Gasteiger partial charge in [-0.3, -0.25) is 9.59 Å². The van der Waals surface area contributed by atoms with Gasteiger partial charge in [0, 0.05) is 37.5 Å². The zero-order valence-corrected chi connectivity index (χ0v) is 19.7. The number of carbonyl (C=O) groups is 2. The molecule has 8 heteroatoms. The molecule has 0 aromatic carbocycles. The van der Waals surface area contributed by atoms with Gasteiger partial charge in [-0.1, -0.05) is 19.3 Å². The van der Waals surface area contributed by atoms with E-state index in [0.29, 0.717) is 17.7 Å². The number of hydrogen-bond donors (Lipinski definition) is 0. The van der Waals surface area contributed by atoms with E-state index in [2.05, 4.69) is 4.98 Å². The summed E-state index contributed by atoms with van der Waals surface area (Å²) in [5, 5.41) is 3.88. The Bertz CT molecular complexity index is 908. The molecule has 0 N–H and O–H groups in total. The van der Waals surface area contributed by atoms with Crippen LogP contribution >= 0.6 is 22.7 Å². The summed E-state index contributed by atoms with van der Waals surface area (Å²) < 4.78 is 0. The Balaban J connectivity index is 1.35. The highest BCUT2D eigenvalue weighted by atomic mass is 32.1. The van der Waals surface area contributed by atoms with Crippen molar-refractivity contribution in [2.24, 2.45) is 0 Å². The van der Waals surface area contributed by atoms with Crippen LogP contribution in [0.3, 0.4) is 0 Å². The largest absolute Gasteiger partial charge is 0.338 e. The molecule has 0 unspecified atom stereocenters. The van der Waals surface area contributed by atoms with Crippen molar-refractivity contribution in [2.75, 3.05) is 20.1 Å². The number of thiazole rings is 2. The quantitative estimate of drug-likeness (QED) is 0.686. The molecule has 3 heterocycles. The minimum atomic E-state index is 0.0491. The number of rotatable bonds is 4. The molecule has 1 aliphatic carbocycles. The second-order valence-corrected chi connectivity index (χ2v) is 10.6. The van der Waals surface area contributed by atoms with Crippen molar-refractivity contribution in [3.05, 3.63) is 31.7 Å². The second-order valence-electron chi connectivity index (χ2n) is 8.49. The van der Waals surface area contributed by atoms with Crippen molar-refractivity contribution >= 4 is 34.5 Å². The van der Waals surface area contributed by atoms with Crippen LogP contribution in [0.25, 0.3) is 0 Å². The molecule has 0 spiro atoms. The summed E-state index contributed by atoms with van der Waals surface area (Å²) in [5.41, 5.74) is 1.41. The fourth-order valence-electron chi connectivity index (χ4n) is 4.59. The van der Waals surface area contributed by atoms with Crippen LogP contribution in [0.15, 0.2) is 5.38 Å². The predicted molar refractivity (Wildman–Crippen MR) is 121 cm³/mol. The molecule has 1 saturated carbocycles. The van der Waals surface area contributed by atoms with Crippen LogP contribution in [0, 0.1) is 13.8 Å². The molecule has 4 rings (SSSR count). The molecule has 1 saturated heterocycles. The summed E-state index contributed by atoms with van der Waals surface area (Å²) in [6, 6.07) is 0.351. The Kier molecular flexibility index (Phi) is 6.53. The third-order valence-corrected chi connectivity index (χ3v) is 8.48. The van der Waals surface area contributed by atoms with E-state index >= 15 is 0 Å². The first-order valence-corrected chi connectivity index (χ1v) is 12.6. The molecule has 2 aromatic heterocycles. The summed E-state index contributed by atoms with van der Waals surface area (Å²) in [4.78, 5) is 39.4. The van der Waals surface area contributed by atoms with E-state index in [1.807, 2.05) is 36.1 Å². The van der Waals surface area contributed by atoms with Gasteiger partial charge in [-0.05, 0) is 39.5 Å². The third-order valence-electron chi connectivity index (χ3n) is 6.41. The van der Waals surface area contributed by atoms with Crippen LogP contribution in [0.4, 0.5) is 0 Å². The number of hydrogen-bond acceptors (Lipinski definition) is 6. The fourth-order valence-corrected chi connectivity index (χ4v) is 6.44. The van der Waals surface area contributed by atoms with E-state index < -0.39 is 0 Å². The first kappa shape index (κ1) is 21.4. The predicted octanol–water partition coefficient (Wildman–Crippen LogP) is 4.64. The zero-order valence-electron chi connectivity index (χ0n) is 18.0. The number of nitrogens with zero attached hydrogens (tertiary/aromatic N) is 4.